The number of nitrogens with zero attached hydrogens (tertiary/aromatic N) is 6. The highest BCUT2D eigenvalue weighted by Gasteiger charge is 2.16. The fourth-order valence-corrected chi connectivity index (χ4v) is 3.25. The summed E-state index contributed by atoms with van der Waals surface area (Å²) in [7, 11) is 1.62. The zero-order valence-corrected chi connectivity index (χ0v) is 16.8. The molecular weight excluding hydrogens is 394 g/mol. The minimum absolute atomic E-state index is 0.187. The molecule has 0 aliphatic rings. The van der Waals surface area contributed by atoms with Crippen molar-refractivity contribution in [1.29, 1.82) is 0 Å². The highest BCUT2D eigenvalue weighted by atomic mass is 16.5. The van der Waals surface area contributed by atoms with Crippen LogP contribution in [0.3, 0.4) is 0 Å². The van der Waals surface area contributed by atoms with Gasteiger partial charge in [0.15, 0.2) is 11.5 Å². The van der Waals surface area contributed by atoms with Gasteiger partial charge in [0.05, 0.1) is 18.8 Å². The van der Waals surface area contributed by atoms with E-state index in [-0.39, 0.29) is 5.69 Å². The Kier molecular flexibility index (Phi) is 4.47. The van der Waals surface area contributed by atoms with Crippen molar-refractivity contribution in [3.8, 4) is 17.1 Å². The molecule has 0 aliphatic carbocycles. The highest BCUT2D eigenvalue weighted by Crippen LogP contribution is 2.26. The number of aromatic nitrogens is 6. The SMILES string of the molecule is COc1ccc(-c2nc3c4ccc(C)cc4nc(Nc4cnccnc4=O)n3n2)cc1. The Hall–Kier alpha value is -4.40. The van der Waals surface area contributed by atoms with Crippen LogP contribution in [0.15, 0.2) is 65.8 Å². The van der Waals surface area contributed by atoms with Gasteiger partial charge in [-0.25, -0.2) is 15.0 Å². The van der Waals surface area contributed by atoms with Gasteiger partial charge < -0.3 is 10.1 Å². The van der Waals surface area contributed by atoms with Gasteiger partial charge >= 0.3 is 0 Å². The molecule has 9 heteroatoms. The van der Waals surface area contributed by atoms with Gasteiger partial charge in [0, 0.05) is 23.3 Å². The highest BCUT2D eigenvalue weighted by molar-refractivity contribution is 5.93. The Morgan fingerprint density at radius 1 is 1.03 bits per heavy atom. The van der Waals surface area contributed by atoms with Gasteiger partial charge in [-0.1, -0.05) is 6.07 Å². The van der Waals surface area contributed by atoms with Gasteiger partial charge in [-0.15, -0.1) is 5.10 Å². The van der Waals surface area contributed by atoms with E-state index in [2.05, 4.69) is 20.4 Å². The van der Waals surface area contributed by atoms with Gasteiger partial charge in [-0.2, -0.15) is 4.52 Å². The lowest BCUT2D eigenvalue weighted by Crippen LogP contribution is -2.11. The third-order valence-electron chi connectivity index (χ3n) is 4.80. The van der Waals surface area contributed by atoms with E-state index in [1.165, 1.54) is 18.6 Å². The van der Waals surface area contributed by atoms with Crippen LogP contribution in [0.1, 0.15) is 5.56 Å². The zero-order valence-electron chi connectivity index (χ0n) is 16.8. The molecule has 0 spiro atoms. The van der Waals surface area contributed by atoms with Crippen LogP contribution in [-0.2, 0) is 0 Å². The van der Waals surface area contributed by atoms with Crippen LogP contribution in [0, 0.1) is 6.92 Å². The number of benzene rings is 2. The molecule has 0 radical (unpaired) electrons. The Balaban J connectivity index is 1.73. The van der Waals surface area contributed by atoms with Gasteiger partial charge in [-0.05, 0) is 48.9 Å². The van der Waals surface area contributed by atoms with Gasteiger partial charge in [-0.3, -0.25) is 9.78 Å². The summed E-state index contributed by atoms with van der Waals surface area (Å²) >= 11 is 0. The number of methoxy groups -OCH3 is 1. The Morgan fingerprint density at radius 3 is 2.68 bits per heavy atom. The van der Waals surface area contributed by atoms with E-state index in [1.807, 2.05) is 49.4 Å². The number of fused-ring (bicyclic) bond motifs is 3. The van der Waals surface area contributed by atoms with Crippen LogP contribution >= 0.6 is 0 Å². The molecule has 3 aromatic heterocycles. The van der Waals surface area contributed by atoms with Crippen molar-refractivity contribution in [3.05, 3.63) is 77.0 Å². The predicted molar refractivity (Wildman–Crippen MR) is 117 cm³/mol. The van der Waals surface area contributed by atoms with Gasteiger partial charge in [0.1, 0.15) is 11.4 Å². The maximum absolute atomic E-state index is 12.3. The topological polar surface area (TPSA) is 107 Å². The largest absolute Gasteiger partial charge is 0.497 e. The third-order valence-corrected chi connectivity index (χ3v) is 4.80. The van der Waals surface area contributed by atoms with Gasteiger partial charge in [0.2, 0.25) is 5.95 Å². The predicted octanol–water partition coefficient (Wildman–Crippen LogP) is 3.16. The quantitative estimate of drug-likeness (QED) is 0.481. The lowest BCUT2D eigenvalue weighted by Gasteiger charge is -2.07. The van der Waals surface area contributed by atoms with E-state index < -0.39 is 5.56 Å². The smallest absolute Gasteiger partial charge is 0.295 e. The molecule has 31 heavy (non-hydrogen) atoms. The molecule has 152 valence electrons. The van der Waals surface area contributed by atoms with Crippen molar-refractivity contribution in [2.45, 2.75) is 6.92 Å². The van der Waals surface area contributed by atoms with Crippen molar-refractivity contribution in [2.75, 3.05) is 12.4 Å². The first-order valence-corrected chi connectivity index (χ1v) is 9.51. The molecule has 1 N–H and O–H groups in total. The van der Waals surface area contributed by atoms with Crippen LogP contribution < -0.4 is 15.6 Å². The molecule has 0 bridgehead atoms. The Morgan fingerprint density at radius 2 is 1.87 bits per heavy atom. The summed E-state index contributed by atoms with van der Waals surface area (Å²) in [5, 5.41) is 8.52. The molecule has 3 heterocycles. The summed E-state index contributed by atoms with van der Waals surface area (Å²) in [5.41, 5.74) is 2.97. The summed E-state index contributed by atoms with van der Waals surface area (Å²) in [6, 6.07) is 13.4. The molecule has 0 amide bonds. The van der Waals surface area contributed by atoms with E-state index in [9.17, 15) is 4.79 Å². The van der Waals surface area contributed by atoms with E-state index in [4.69, 9.17) is 14.7 Å². The maximum atomic E-state index is 12.3. The number of rotatable bonds is 4. The summed E-state index contributed by atoms with van der Waals surface area (Å²) in [4.78, 5) is 29.5. The van der Waals surface area contributed by atoms with Crippen LogP contribution in [0.25, 0.3) is 27.9 Å². The zero-order chi connectivity index (χ0) is 21.4. The van der Waals surface area contributed by atoms with E-state index in [1.54, 1.807) is 11.6 Å². The lowest BCUT2D eigenvalue weighted by molar-refractivity contribution is 0.415. The number of hydrogen-bond acceptors (Lipinski definition) is 8. The van der Waals surface area contributed by atoms with Crippen molar-refractivity contribution >= 4 is 28.2 Å². The standard InChI is InChI=1S/C22H17N7O2/c1-13-3-8-16-17(11-13)25-22(26-18-12-23-9-10-24-21(18)30)29-20(16)27-19(28-29)14-4-6-15(31-2)7-5-14/h3-12H,1-2H3,(H,24,25,26,30). The monoisotopic (exact) mass is 411 g/mol. The molecule has 0 saturated carbocycles. The molecule has 5 rings (SSSR count). The first kappa shape index (κ1) is 18.6. The molecule has 2 aromatic carbocycles. The van der Waals surface area contributed by atoms with Crippen molar-refractivity contribution in [2.24, 2.45) is 0 Å². The first-order valence-electron chi connectivity index (χ1n) is 9.51. The fraction of sp³-hybridized carbons (Fsp3) is 0.0909. The van der Waals surface area contributed by atoms with Crippen LogP contribution in [0.2, 0.25) is 0 Å². The van der Waals surface area contributed by atoms with E-state index >= 15 is 0 Å². The molecule has 0 atom stereocenters. The normalized spacial score (nSPS) is 11.0. The number of hydrogen-bond donors (Lipinski definition) is 1. The summed E-state index contributed by atoms with van der Waals surface area (Å²) in [5.74, 6) is 1.61. The molecule has 9 nitrogen and oxygen atoms in total. The van der Waals surface area contributed by atoms with Crippen molar-refractivity contribution in [1.82, 2.24) is 29.5 Å². The Labute approximate surface area is 176 Å². The number of anilines is 2. The average Bonchev–Trinajstić information content (AvgIpc) is 3.13. The number of ether oxygens (including phenoxy) is 1. The van der Waals surface area contributed by atoms with Crippen LogP contribution in [0.5, 0.6) is 5.75 Å². The van der Waals surface area contributed by atoms with Crippen molar-refractivity contribution < 1.29 is 4.74 Å². The molecule has 0 fully saturated rings. The minimum Gasteiger partial charge on any atom is -0.497 e. The second-order valence-electron chi connectivity index (χ2n) is 6.90. The fourth-order valence-electron chi connectivity index (χ4n) is 3.25. The second kappa shape index (κ2) is 7.45. The molecule has 0 aliphatic heterocycles. The summed E-state index contributed by atoms with van der Waals surface area (Å²) < 4.78 is 6.82. The first-order chi connectivity index (χ1) is 15.1. The molecule has 5 aromatic rings. The molecular formula is C22H17N7O2. The minimum atomic E-state index is -0.452. The van der Waals surface area contributed by atoms with E-state index in [0.29, 0.717) is 17.4 Å². The van der Waals surface area contributed by atoms with Crippen molar-refractivity contribution in [3.63, 3.8) is 0 Å². The number of nitrogens with one attached hydrogen (secondary N) is 1. The van der Waals surface area contributed by atoms with E-state index in [0.717, 1.165) is 27.8 Å². The summed E-state index contributed by atoms with van der Waals surface area (Å²) in [6.07, 6.45) is 4.19. The Bertz CT molecular complexity index is 1480. The lowest BCUT2D eigenvalue weighted by atomic mass is 10.1. The van der Waals surface area contributed by atoms with Crippen LogP contribution in [0.4, 0.5) is 11.6 Å². The third kappa shape index (κ3) is 3.42. The second-order valence-corrected chi connectivity index (χ2v) is 6.90. The summed E-state index contributed by atoms with van der Waals surface area (Å²) in [6.45, 7) is 1.99. The molecule has 0 unspecified atom stereocenters. The average molecular weight is 411 g/mol. The van der Waals surface area contributed by atoms with Gasteiger partial charge in [0.25, 0.3) is 5.56 Å². The van der Waals surface area contributed by atoms with Crippen LogP contribution in [-0.4, -0.2) is 36.7 Å². The maximum Gasteiger partial charge on any atom is 0.295 e. The molecule has 0 saturated heterocycles. The number of aryl methyl sites for hydroxylation is 1.